The van der Waals surface area contributed by atoms with Crippen molar-refractivity contribution in [3.63, 3.8) is 0 Å². The fraction of sp³-hybridized carbons (Fsp3) is 0.833. The quantitative estimate of drug-likeness (QED) is 0.625. The number of ether oxygens (including phenoxy) is 1. The molecule has 1 saturated heterocycles. The average molecular weight is 226 g/mol. The maximum Gasteiger partial charge on any atom is 0.0644 e. The summed E-state index contributed by atoms with van der Waals surface area (Å²) in [6, 6.07) is 0.876. The Hall–Kier alpha value is -0.420. The standard InChI is InChI=1S/C12H22N2O2/c1-10(6-13-11-2-3-11)7-14-4-5-16-9-12(14)8-15/h11-13,15H,1-9H2. The molecule has 0 aromatic rings. The molecule has 4 nitrogen and oxygen atoms in total. The normalized spacial score (nSPS) is 26.9. The van der Waals surface area contributed by atoms with E-state index >= 15 is 0 Å². The van der Waals surface area contributed by atoms with E-state index in [2.05, 4.69) is 16.8 Å². The molecule has 2 fully saturated rings. The van der Waals surface area contributed by atoms with E-state index < -0.39 is 0 Å². The first-order chi connectivity index (χ1) is 7.79. The van der Waals surface area contributed by atoms with Crippen LogP contribution in [0.2, 0.25) is 0 Å². The summed E-state index contributed by atoms with van der Waals surface area (Å²) in [6.45, 7) is 8.33. The van der Waals surface area contributed by atoms with E-state index in [1.54, 1.807) is 0 Å². The smallest absolute Gasteiger partial charge is 0.0644 e. The van der Waals surface area contributed by atoms with Crippen molar-refractivity contribution in [2.75, 3.05) is 39.5 Å². The van der Waals surface area contributed by atoms with E-state index in [1.807, 2.05) is 0 Å². The zero-order valence-corrected chi connectivity index (χ0v) is 9.82. The molecule has 1 aliphatic carbocycles. The summed E-state index contributed by atoms with van der Waals surface area (Å²) in [4.78, 5) is 2.26. The lowest BCUT2D eigenvalue weighted by Gasteiger charge is -2.34. The van der Waals surface area contributed by atoms with Crippen LogP contribution in [0.3, 0.4) is 0 Å². The van der Waals surface area contributed by atoms with Crippen LogP contribution in [0.5, 0.6) is 0 Å². The molecule has 2 rings (SSSR count). The Kier molecular flexibility index (Phi) is 4.35. The third kappa shape index (κ3) is 3.56. The summed E-state index contributed by atoms with van der Waals surface area (Å²) in [5.74, 6) is 0. The van der Waals surface area contributed by atoms with Crippen LogP contribution < -0.4 is 5.32 Å². The maximum absolute atomic E-state index is 9.24. The molecule has 0 radical (unpaired) electrons. The molecular weight excluding hydrogens is 204 g/mol. The van der Waals surface area contributed by atoms with E-state index in [0.29, 0.717) is 6.61 Å². The van der Waals surface area contributed by atoms with Gasteiger partial charge in [-0.2, -0.15) is 0 Å². The van der Waals surface area contributed by atoms with Crippen molar-refractivity contribution in [2.24, 2.45) is 0 Å². The zero-order valence-electron chi connectivity index (χ0n) is 9.82. The van der Waals surface area contributed by atoms with Crippen LogP contribution in [0.25, 0.3) is 0 Å². The third-order valence-electron chi connectivity index (χ3n) is 3.21. The number of hydrogen-bond acceptors (Lipinski definition) is 4. The summed E-state index contributed by atoms with van der Waals surface area (Å²) in [6.07, 6.45) is 2.62. The monoisotopic (exact) mass is 226 g/mol. The summed E-state index contributed by atoms with van der Waals surface area (Å²) >= 11 is 0. The van der Waals surface area contributed by atoms with Gasteiger partial charge in [-0.25, -0.2) is 0 Å². The molecule has 16 heavy (non-hydrogen) atoms. The molecule has 0 aromatic heterocycles. The Morgan fingerprint density at radius 1 is 1.50 bits per heavy atom. The predicted molar refractivity (Wildman–Crippen MR) is 63.4 cm³/mol. The summed E-state index contributed by atoms with van der Waals surface area (Å²) in [7, 11) is 0. The van der Waals surface area contributed by atoms with Crippen LogP contribution in [-0.2, 0) is 4.74 Å². The highest BCUT2D eigenvalue weighted by atomic mass is 16.5. The Morgan fingerprint density at radius 3 is 3.00 bits per heavy atom. The summed E-state index contributed by atoms with van der Waals surface area (Å²) < 4.78 is 5.35. The molecule has 0 amide bonds. The lowest BCUT2D eigenvalue weighted by atomic mass is 10.2. The first kappa shape index (κ1) is 12.0. The minimum absolute atomic E-state index is 0.145. The average Bonchev–Trinajstić information content (AvgIpc) is 3.11. The van der Waals surface area contributed by atoms with Gasteiger partial charge >= 0.3 is 0 Å². The fourth-order valence-electron chi connectivity index (χ4n) is 1.98. The van der Waals surface area contributed by atoms with Gasteiger partial charge in [0.25, 0.3) is 0 Å². The number of aliphatic hydroxyl groups excluding tert-OH is 1. The number of morpholine rings is 1. The van der Waals surface area contributed by atoms with E-state index in [0.717, 1.165) is 32.3 Å². The van der Waals surface area contributed by atoms with Crippen LogP contribution in [0.15, 0.2) is 12.2 Å². The Morgan fingerprint density at radius 2 is 2.31 bits per heavy atom. The minimum atomic E-state index is 0.145. The van der Waals surface area contributed by atoms with E-state index in [-0.39, 0.29) is 12.6 Å². The van der Waals surface area contributed by atoms with E-state index in [4.69, 9.17) is 4.74 Å². The third-order valence-corrected chi connectivity index (χ3v) is 3.21. The first-order valence-electron chi connectivity index (χ1n) is 6.12. The van der Waals surface area contributed by atoms with Crippen molar-refractivity contribution in [2.45, 2.75) is 24.9 Å². The van der Waals surface area contributed by atoms with Crippen LogP contribution >= 0.6 is 0 Å². The topological polar surface area (TPSA) is 44.7 Å². The van der Waals surface area contributed by atoms with Crippen LogP contribution in [0.4, 0.5) is 0 Å². The number of nitrogens with one attached hydrogen (secondary N) is 1. The minimum Gasteiger partial charge on any atom is -0.395 e. The van der Waals surface area contributed by atoms with Crippen molar-refractivity contribution in [3.05, 3.63) is 12.2 Å². The van der Waals surface area contributed by atoms with E-state index in [1.165, 1.54) is 18.4 Å². The second kappa shape index (κ2) is 5.77. The van der Waals surface area contributed by atoms with Crippen molar-refractivity contribution in [3.8, 4) is 0 Å². The molecule has 1 heterocycles. The van der Waals surface area contributed by atoms with Gasteiger partial charge in [-0.05, 0) is 18.4 Å². The van der Waals surface area contributed by atoms with Crippen LogP contribution in [0, 0.1) is 0 Å². The molecule has 92 valence electrons. The van der Waals surface area contributed by atoms with Gasteiger partial charge in [0.1, 0.15) is 0 Å². The SMILES string of the molecule is C=C(CNC1CC1)CN1CCOCC1CO. The second-order valence-corrected chi connectivity index (χ2v) is 4.79. The molecule has 0 spiro atoms. The zero-order chi connectivity index (χ0) is 11.4. The van der Waals surface area contributed by atoms with Crippen molar-refractivity contribution < 1.29 is 9.84 Å². The van der Waals surface area contributed by atoms with Crippen LogP contribution in [0.1, 0.15) is 12.8 Å². The fourth-order valence-corrected chi connectivity index (χ4v) is 1.98. The number of rotatable bonds is 6. The van der Waals surface area contributed by atoms with Gasteiger partial charge in [0.2, 0.25) is 0 Å². The van der Waals surface area contributed by atoms with Gasteiger partial charge in [0.15, 0.2) is 0 Å². The molecule has 1 atom stereocenters. The number of nitrogens with zero attached hydrogens (tertiary/aromatic N) is 1. The van der Waals surface area contributed by atoms with Gasteiger partial charge < -0.3 is 15.2 Å². The Labute approximate surface area is 97.3 Å². The molecule has 0 bridgehead atoms. The summed E-state index contributed by atoms with van der Waals surface area (Å²) in [5.41, 5.74) is 1.20. The molecule has 1 unspecified atom stereocenters. The Bertz CT molecular complexity index is 241. The lowest BCUT2D eigenvalue weighted by molar-refractivity contribution is -0.0231. The van der Waals surface area contributed by atoms with Crippen molar-refractivity contribution >= 4 is 0 Å². The van der Waals surface area contributed by atoms with Gasteiger partial charge in [-0.3, -0.25) is 4.90 Å². The lowest BCUT2D eigenvalue weighted by Crippen LogP contribution is -2.48. The van der Waals surface area contributed by atoms with Gasteiger partial charge in [0.05, 0.1) is 25.9 Å². The van der Waals surface area contributed by atoms with E-state index in [9.17, 15) is 5.11 Å². The predicted octanol–water partition coefficient (Wildman–Crippen LogP) is -0.0123. The largest absolute Gasteiger partial charge is 0.395 e. The molecule has 4 heteroatoms. The molecule has 2 N–H and O–H groups in total. The van der Waals surface area contributed by atoms with Gasteiger partial charge in [-0.15, -0.1) is 0 Å². The van der Waals surface area contributed by atoms with Crippen molar-refractivity contribution in [1.82, 2.24) is 10.2 Å². The molecule has 0 aromatic carbocycles. The number of aliphatic hydroxyl groups is 1. The molecule has 2 aliphatic rings. The first-order valence-corrected chi connectivity index (χ1v) is 6.12. The van der Waals surface area contributed by atoms with Crippen molar-refractivity contribution in [1.29, 1.82) is 0 Å². The molecular formula is C12H22N2O2. The van der Waals surface area contributed by atoms with Gasteiger partial charge in [0, 0.05) is 25.7 Å². The second-order valence-electron chi connectivity index (χ2n) is 4.79. The molecule has 1 aliphatic heterocycles. The van der Waals surface area contributed by atoms with Crippen LogP contribution in [-0.4, -0.2) is 61.5 Å². The van der Waals surface area contributed by atoms with Gasteiger partial charge in [-0.1, -0.05) is 6.58 Å². The maximum atomic E-state index is 9.24. The Balaban J connectivity index is 1.70. The highest BCUT2D eigenvalue weighted by molar-refractivity contribution is 5.02. The number of hydrogen-bond donors (Lipinski definition) is 2. The highest BCUT2D eigenvalue weighted by Gasteiger charge is 2.23. The highest BCUT2D eigenvalue weighted by Crippen LogP contribution is 2.18. The molecule has 1 saturated carbocycles. The summed E-state index contributed by atoms with van der Waals surface area (Å²) in [5, 5.41) is 12.7.